The Hall–Kier alpha value is -2.24. The number of nitro benzene ring substituents is 1. The fraction of sp³-hybridized carbons (Fsp3) is 0.100. The van der Waals surface area contributed by atoms with Gasteiger partial charge in [-0.05, 0) is 12.5 Å². The highest BCUT2D eigenvalue weighted by atomic mass is 19.1. The van der Waals surface area contributed by atoms with E-state index in [9.17, 15) is 14.5 Å². The van der Waals surface area contributed by atoms with E-state index in [4.69, 9.17) is 0 Å². The van der Waals surface area contributed by atoms with Gasteiger partial charge in [0.2, 0.25) is 0 Å². The molecule has 0 amide bonds. The third-order valence-corrected chi connectivity index (χ3v) is 2.20. The summed E-state index contributed by atoms with van der Waals surface area (Å²) >= 11 is 0. The van der Waals surface area contributed by atoms with Crippen LogP contribution in [0.2, 0.25) is 0 Å². The van der Waals surface area contributed by atoms with Gasteiger partial charge in [0.15, 0.2) is 5.82 Å². The van der Waals surface area contributed by atoms with Crippen molar-refractivity contribution in [3.8, 4) is 5.69 Å². The van der Waals surface area contributed by atoms with Crippen LogP contribution in [0, 0.1) is 22.9 Å². The van der Waals surface area contributed by atoms with Crippen molar-refractivity contribution in [1.29, 1.82) is 0 Å². The smallest absolute Gasteiger partial charge is 0.258 e. The quantitative estimate of drug-likeness (QED) is 0.577. The van der Waals surface area contributed by atoms with E-state index in [1.165, 1.54) is 23.0 Å². The second-order valence-corrected chi connectivity index (χ2v) is 3.33. The van der Waals surface area contributed by atoms with Crippen LogP contribution in [0.4, 0.5) is 10.1 Å². The maximum Gasteiger partial charge on any atom is 0.271 e. The summed E-state index contributed by atoms with van der Waals surface area (Å²) in [6.07, 6.45) is 2.23. The summed E-state index contributed by atoms with van der Waals surface area (Å²) in [5.41, 5.74) is 1.24. The lowest BCUT2D eigenvalue weighted by atomic mass is 10.2. The highest BCUT2D eigenvalue weighted by Gasteiger charge is 2.10. The molecular weight excluding hydrogens is 213 g/mol. The van der Waals surface area contributed by atoms with Crippen molar-refractivity contribution in [2.45, 2.75) is 6.92 Å². The number of hydrogen-bond acceptors (Lipinski definition) is 3. The molecule has 0 unspecified atom stereocenters. The molecule has 0 saturated carbocycles. The van der Waals surface area contributed by atoms with Crippen molar-refractivity contribution in [1.82, 2.24) is 9.78 Å². The molecule has 0 aliphatic rings. The maximum atomic E-state index is 12.8. The molecule has 0 aliphatic carbocycles. The number of nitro groups is 1. The molecule has 0 radical (unpaired) electrons. The van der Waals surface area contributed by atoms with Gasteiger partial charge in [-0.2, -0.15) is 5.10 Å². The zero-order chi connectivity index (χ0) is 11.7. The molecule has 0 atom stereocenters. The van der Waals surface area contributed by atoms with E-state index in [1.54, 1.807) is 13.0 Å². The zero-order valence-corrected chi connectivity index (χ0v) is 8.42. The molecule has 2 aromatic rings. The van der Waals surface area contributed by atoms with Gasteiger partial charge in [0.05, 0.1) is 23.0 Å². The minimum atomic E-state index is -0.497. The average molecular weight is 221 g/mol. The van der Waals surface area contributed by atoms with Crippen molar-refractivity contribution in [3.05, 3.63) is 52.1 Å². The van der Waals surface area contributed by atoms with Gasteiger partial charge < -0.3 is 0 Å². The molecule has 6 heteroatoms. The van der Waals surface area contributed by atoms with Crippen LogP contribution in [0.1, 0.15) is 5.56 Å². The van der Waals surface area contributed by atoms with Crippen molar-refractivity contribution in [2.24, 2.45) is 0 Å². The van der Waals surface area contributed by atoms with Gasteiger partial charge in [-0.3, -0.25) is 10.1 Å². The Balaban J connectivity index is 2.55. The first-order chi connectivity index (χ1) is 7.58. The Bertz CT molecular complexity index is 551. The largest absolute Gasteiger partial charge is 0.271 e. The minimum absolute atomic E-state index is 0.0449. The Kier molecular flexibility index (Phi) is 2.40. The predicted molar refractivity (Wildman–Crippen MR) is 54.9 cm³/mol. The van der Waals surface area contributed by atoms with Crippen molar-refractivity contribution in [3.63, 3.8) is 0 Å². The monoisotopic (exact) mass is 221 g/mol. The first-order valence-electron chi connectivity index (χ1n) is 4.53. The summed E-state index contributed by atoms with van der Waals surface area (Å²) in [6, 6.07) is 4.37. The van der Waals surface area contributed by atoms with Crippen LogP contribution in [0.25, 0.3) is 5.69 Å². The highest BCUT2D eigenvalue weighted by Crippen LogP contribution is 2.20. The molecule has 0 N–H and O–H groups in total. The van der Waals surface area contributed by atoms with E-state index in [0.717, 1.165) is 11.8 Å². The Morgan fingerprint density at radius 1 is 1.50 bits per heavy atom. The second kappa shape index (κ2) is 3.73. The summed E-state index contributed by atoms with van der Waals surface area (Å²) in [4.78, 5) is 10.1. The number of halogens is 1. The van der Waals surface area contributed by atoms with Crippen LogP contribution >= 0.6 is 0 Å². The van der Waals surface area contributed by atoms with Crippen LogP contribution in [0.3, 0.4) is 0 Å². The molecule has 2 rings (SSSR count). The molecule has 16 heavy (non-hydrogen) atoms. The maximum absolute atomic E-state index is 12.8. The number of non-ortho nitro benzene ring substituents is 1. The summed E-state index contributed by atoms with van der Waals surface area (Å²) in [6.45, 7) is 1.78. The summed E-state index contributed by atoms with van der Waals surface area (Å²) < 4.78 is 14.1. The molecule has 1 heterocycles. The van der Waals surface area contributed by atoms with E-state index in [-0.39, 0.29) is 5.69 Å². The van der Waals surface area contributed by atoms with Crippen LogP contribution in [-0.4, -0.2) is 14.7 Å². The van der Waals surface area contributed by atoms with E-state index < -0.39 is 10.7 Å². The van der Waals surface area contributed by atoms with Crippen molar-refractivity contribution >= 4 is 5.69 Å². The SMILES string of the molecule is Cc1ccc([N+](=O)[O-])cc1-n1cc(F)cn1. The number of aryl methyl sites for hydroxylation is 1. The van der Waals surface area contributed by atoms with Gasteiger partial charge in [-0.1, -0.05) is 6.07 Å². The van der Waals surface area contributed by atoms with Gasteiger partial charge in [0.1, 0.15) is 0 Å². The van der Waals surface area contributed by atoms with Gasteiger partial charge in [-0.15, -0.1) is 0 Å². The first-order valence-corrected chi connectivity index (χ1v) is 4.53. The van der Waals surface area contributed by atoms with E-state index in [2.05, 4.69) is 5.10 Å². The fourth-order valence-electron chi connectivity index (χ4n) is 1.39. The van der Waals surface area contributed by atoms with Crippen LogP contribution < -0.4 is 0 Å². The van der Waals surface area contributed by atoms with Gasteiger partial charge in [-0.25, -0.2) is 9.07 Å². The fourth-order valence-corrected chi connectivity index (χ4v) is 1.39. The normalized spacial score (nSPS) is 10.4. The second-order valence-electron chi connectivity index (χ2n) is 3.33. The summed E-state index contributed by atoms with van der Waals surface area (Å²) in [5.74, 6) is -0.481. The third-order valence-electron chi connectivity index (χ3n) is 2.20. The van der Waals surface area contributed by atoms with E-state index >= 15 is 0 Å². The number of hydrogen-bond donors (Lipinski definition) is 0. The Labute approximate surface area is 90.3 Å². The number of benzene rings is 1. The minimum Gasteiger partial charge on any atom is -0.258 e. The molecule has 0 aliphatic heterocycles. The standard InChI is InChI=1S/C10H8FN3O2/c1-7-2-3-9(14(15)16)4-10(7)13-6-8(11)5-12-13/h2-6H,1H3. The van der Waals surface area contributed by atoms with Gasteiger partial charge in [0.25, 0.3) is 5.69 Å². The zero-order valence-electron chi connectivity index (χ0n) is 8.42. The topological polar surface area (TPSA) is 61.0 Å². The number of aromatic nitrogens is 2. The molecule has 1 aromatic heterocycles. The Morgan fingerprint density at radius 2 is 2.25 bits per heavy atom. The molecular formula is C10H8FN3O2. The van der Waals surface area contributed by atoms with Crippen LogP contribution in [0.15, 0.2) is 30.6 Å². The predicted octanol–water partition coefficient (Wildman–Crippen LogP) is 2.23. The molecule has 1 aromatic carbocycles. The average Bonchev–Trinajstić information content (AvgIpc) is 2.65. The van der Waals surface area contributed by atoms with Crippen molar-refractivity contribution < 1.29 is 9.31 Å². The number of rotatable bonds is 2. The lowest BCUT2D eigenvalue weighted by Crippen LogP contribution is -1.99. The number of nitrogens with zero attached hydrogens (tertiary/aromatic N) is 3. The van der Waals surface area contributed by atoms with Crippen LogP contribution in [-0.2, 0) is 0 Å². The Morgan fingerprint density at radius 3 is 2.81 bits per heavy atom. The third kappa shape index (κ3) is 1.77. The van der Waals surface area contributed by atoms with Crippen LogP contribution in [0.5, 0.6) is 0 Å². The molecule has 0 spiro atoms. The molecule has 0 bridgehead atoms. The summed E-state index contributed by atoms with van der Waals surface area (Å²) in [5, 5.41) is 14.4. The van der Waals surface area contributed by atoms with Gasteiger partial charge >= 0.3 is 0 Å². The molecule has 5 nitrogen and oxygen atoms in total. The summed E-state index contributed by atoms with van der Waals surface area (Å²) in [7, 11) is 0. The molecule has 82 valence electrons. The lowest BCUT2D eigenvalue weighted by molar-refractivity contribution is -0.384. The highest BCUT2D eigenvalue weighted by molar-refractivity contribution is 5.48. The molecule has 0 saturated heterocycles. The first kappa shape index (κ1) is 10.3. The van der Waals surface area contributed by atoms with E-state index in [0.29, 0.717) is 5.69 Å². The van der Waals surface area contributed by atoms with E-state index in [1.807, 2.05) is 0 Å². The lowest BCUT2D eigenvalue weighted by Gasteiger charge is -2.04. The molecule has 0 fully saturated rings. The van der Waals surface area contributed by atoms with Crippen molar-refractivity contribution in [2.75, 3.05) is 0 Å². The van der Waals surface area contributed by atoms with Gasteiger partial charge in [0, 0.05) is 12.1 Å².